The number of ether oxygens (including phenoxy) is 2. The second kappa shape index (κ2) is 11.3. The fraction of sp³-hybridized carbons (Fsp3) is 0.296. The molecule has 0 aliphatic carbocycles. The van der Waals surface area contributed by atoms with Crippen molar-refractivity contribution in [1.29, 1.82) is 0 Å². The number of hydrogen-bond acceptors (Lipinski definition) is 4. The molecule has 0 saturated carbocycles. The summed E-state index contributed by atoms with van der Waals surface area (Å²) < 4.78 is 12.0. The Labute approximate surface area is 189 Å². The zero-order chi connectivity index (χ0) is 22.9. The molecule has 0 aromatic heterocycles. The second-order valence-corrected chi connectivity index (χ2v) is 7.72. The van der Waals surface area contributed by atoms with Gasteiger partial charge in [0.1, 0.15) is 17.2 Å². The molecular weight excluding hydrogens is 404 g/mol. The minimum atomic E-state index is -1.15. The molecule has 0 heterocycles. The van der Waals surface area contributed by atoms with E-state index in [1.165, 1.54) is 0 Å². The van der Waals surface area contributed by atoms with Crippen molar-refractivity contribution in [2.75, 3.05) is 0 Å². The van der Waals surface area contributed by atoms with Crippen molar-refractivity contribution in [3.8, 4) is 17.2 Å². The summed E-state index contributed by atoms with van der Waals surface area (Å²) in [4.78, 5) is 12.1. The molecule has 0 amide bonds. The first kappa shape index (κ1) is 23.4. The number of aliphatic hydroxyl groups excluding tert-OH is 1. The van der Waals surface area contributed by atoms with E-state index < -0.39 is 12.1 Å². The van der Waals surface area contributed by atoms with E-state index in [0.717, 1.165) is 42.4 Å². The number of carboxylic acids is 1. The van der Waals surface area contributed by atoms with Crippen LogP contribution in [0.5, 0.6) is 17.2 Å². The third-order valence-corrected chi connectivity index (χ3v) is 5.15. The van der Waals surface area contributed by atoms with Gasteiger partial charge in [0.15, 0.2) is 0 Å². The van der Waals surface area contributed by atoms with Gasteiger partial charge in [-0.1, -0.05) is 57.0 Å². The van der Waals surface area contributed by atoms with Gasteiger partial charge in [-0.15, -0.1) is 0 Å². The lowest BCUT2D eigenvalue weighted by molar-refractivity contribution is -0.145. The topological polar surface area (TPSA) is 76.0 Å². The summed E-state index contributed by atoms with van der Waals surface area (Å²) in [5.74, 6) is 0.888. The highest BCUT2D eigenvalue weighted by Gasteiger charge is 2.25. The number of carboxylic acid groups (broad SMARTS) is 1. The lowest BCUT2D eigenvalue weighted by Crippen LogP contribution is -2.19. The first-order chi connectivity index (χ1) is 15.5. The van der Waals surface area contributed by atoms with Crippen molar-refractivity contribution >= 4 is 5.97 Å². The van der Waals surface area contributed by atoms with Crippen LogP contribution in [0.4, 0.5) is 0 Å². The van der Waals surface area contributed by atoms with Crippen LogP contribution in [0.1, 0.15) is 55.0 Å². The third-order valence-electron chi connectivity index (χ3n) is 5.15. The van der Waals surface area contributed by atoms with Crippen molar-refractivity contribution in [2.45, 2.75) is 52.2 Å². The Morgan fingerprint density at radius 3 is 1.94 bits per heavy atom. The summed E-state index contributed by atoms with van der Waals surface area (Å²) in [6.45, 7) is 4.07. The Morgan fingerprint density at radius 1 is 0.875 bits per heavy atom. The summed E-state index contributed by atoms with van der Waals surface area (Å²) in [6, 6.07) is 20.2. The van der Waals surface area contributed by atoms with E-state index in [9.17, 15) is 15.0 Å². The highest BCUT2D eigenvalue weighted by Crippen LogP contribution is 2.34. The fourth-order valence-electron chi connectivity index (χ4n) is 3.69. The van der Waals surface area contributed by atoms with Gasteiger partial charge in [-0.05, 0) is 65.9 Å². The van der Waals surface area contributed by atoms with Gasteiger partial charge in [-0.3, -0.25) is 0 Å². The molecule has 168 valence electrons. The molecule has 2 N–H and O–H groups in total. The smallest absolute Gasteiger partial charge is 0.349 e. The molecular formula is C27H30O5. The highest BCUT2D eigenvalue weighted by atomic mass is 16.5. The summed E-state index contributed by atoms with van der Waals surface area (Å²) in [5.41, 5.74) is 3.21. The van der Waals surface area contributed by atoms with E-state index >= 15 is 0 Å². The Balaban J connectivity index is 1.90. The van der Waals surface area contributed by atoms with E-state index in [1.54, 1.807) is 24.3 Å². The molecule has 0 aliphatic rings. The molecule has 0 spiro atoms. The van der Waals surface area contributed by atoms with Crippen LogP contribution in [-0.4, -0.2) is 16.2 Å². The van der Waals surface area contributed by atoms with Crippen molar-refractivity contribution < 1.29 is 24.5 Å². The predicted molar refractivity (Wildman–Crippen MR) is 124 cm³/mol. The molecule has 5 heteroatoms. The van der Waals surface area contributed by atoms with Crippen LogP contribution in [0.2, 0.25) is 0 Å². The van der Waals surface area contributed by atoms with Gasteiger partial charge < -0.3 is 19.7 Å². The van der Waals surface area contributed by atoms with Crippen LogP contribution in [0.25, 0.3) is 0 Å². The number of para-hydroxylation sites is 1. The lowest BCUT2D eigenvalue weighted by Gasteiger charge is -2.22. The van der Waals surface area contributed by atoms with Crippen molar-refractivity contribution in [2.24, 2.45) is 0 Å². The fourth-order valence-corrected chi connectivity index (χ4v) is 3.69. The first-order valence-corrected chi connectivity index (χ1v) is 11.0. The average Bonchev–Trinajstić information content (AvgIpc) is 2.80. The number of hydrogen-bond donors (Lipinski definition) is 2. The predicted octanol–water partition coefficient (Wildman–Crippen LogP) is 6.08. The molecule has 0 saturated heterocycles. The van der Waals surface area contributed by atoms with Crippen LogP contribution in [0.15, 0.2) is 66.7 Å². The molecule has 0 radical (unpaired) electrons. The van der Waals surface area contributed by atoms with Crippen LogP contribution in [0.3, 0.4) is 0 Å². The molecule has 1 unspecified atom stereocenters. The summed E-state index contributed by atoms with van der Waals surface area (Å²) in [7, 11) is 0. The summed E-state index contributed by atoms with van der Waals surface area (Å²) in [5, 5.41) is 19.6. The monoisotopic (exact) mass is 434 g/mol. The molecule has 0 bridgehead atoms. The maximum absolute atomic E-state index is 12.1. The van der Waals surface area contributed by atoms with Crippen LogP contribution >= 0.6 is 0 Å². The van der Waals surface area contributed by atoms with Gasteiger partial charge in [0, 0.05) is 5.56 Å². The molecule has 3 aromatic rings. The van der Waals surface area contributed by atoms with Gasteiger partial charge in [-0.25, -0.2) is 4.79 Å². The lowest BCUT2D eigenvalue weighted by atomic mass is 9.98. The summed E-state index contributed by atoms with van der Waals surface area (Å²) >= 11 is 0. The Morgan fingerprint density at radius 2 is 1.44 bits per heavy atom. The molecule has 0 aliphatic heterocycles. The van der Waals surface area contributed by atoms with Crippen molar-refractivity contribution in [3.05, 3.63) is 89.0 Å². The number of rotatable bonds is 11. The minimum Gasteiger partial charge on any atom is -0.478 e. The van der Waals surface area contributed by atoms with Gasteiger partial charge in [0.05, 0.1) is 6.61 Å². The Hall–Kier alpha value is -3.31. The maximum atomic E-state index is 12.1. The summed E-state index contributed by atoms with van der Waals surface area (Å²) in [6.07, 6.45) is 2.12. The average molecular weight is 435 g/mol. The molecule has 0 fully saturated rings. The zero-order valence-electron chi connectivity index (χ0n) is 18.6. The molecule has 3 rings (SSSR count). The molecule has 1 atom stereocenters. The Kier molecular flexibility index (Phi) is 8.28. The largest absolute Gasteiger partial charge is 0.478 e. The van der Waals surface area contributed by atoms with Gasteiger partial charge in [0.25, 0.3) is 0 Å². The number of aliphatic hydroxyl groups is 1. The van der Waals surface area contributed by atoms with E-state index in [1.807, 2.05) is 42.5 Å². The number of benzene rings is 3. The van der Waals surface area contributed by atoms with Crippen molar-refractivity contribution in [3.63, 3.8) is 0 Å². The number of aliphatic carboxylic acids is 1. The molecule has 3 aromatic carbocycles. The minimum absolute atomic E-state index is 0.0566. The number of carbonyl (C=O) groups is 1. The van der Waals surface area contributed by atoms with Gasteiger partial charge in [-0.2, -0.15) is 0 Å². The highest BCUT2D eigenvalue weighted by molar-refractivity contribution is 5.75. The first-order valence-electron chi connectivity index (χ1n) is 11.0. The molecule has 32 heavy (non-hydrogen) atoms. The standard InChI is InChI=1S/C27H30O5/c1-3-8-21-16-19(18-28)17-22(9-4-2)25(21)32-26(27(29)30)20-12-14-24(15-13-20)31-23-10-6-5-7-11-23/h5-7,10-17,26,28H,3-4,8-9,18H2,1-2H3,(H,29,30). The van der Waals surface area contributed by atoms with Crippen LogP contribution in [-0.2, 0) is 24.2 Å². The van der Waals surface area contributed by atoms with Gasteiger partial charge in [0.2, 0.25) is 6.10 Å². The van der Waals surface area contributed by atoms with E-state index in [0.29, 0.717) is 22.8 Å². The van der Waals surface area contributed by atoms with Gasteiger partial charge >= 0.3 is 5.97 Å². The van der Waals surface area contributed by atoms with E-state index in [2.05, 4.69) is 13.8 Å². The maximum Gasteiger partial charge on any atom is 0.349 e. The Bertz CT molecular complexity index is 985. The van der Waals surface area contributed by atoms with E-state index in [-0.39, 0.29) is 6.61 Å². The number of aryl methyl sites for hydroxylation is 2. The quantitative estimate of drug-likeness (QED) is 0.382. The SMILES string of the molecule is CCCc1cc(CO)cc(CCC)c1OC(C(=O)O)c1ccc(Oc2ccccc2)cc1. The normalized spacial score (nSPS) is 11.7. The van der Waals surface area contributed by atoms with E-state index in [4.69, 9.17) is 9.47 Å². The van der Waals surface area contributed by atoms with Crippen molar-refractivity contribution in [1.82, 2.24) is 0 Å². The second-order valence-electron chi connectivity index (χ2n) is 7.72. The van der Waals surface area contributed by atoms with Crippen LogP contribution < -0.4 is 9.47 Å². The zero-order valence-corrected chi connectivity index (χ0v) is 18.6. The third kappa shape index (κ3) is 5.89. The molecule has 5 nitrogen and oxygen atoms in total. The van der Waals surface area contributed by atoms with Crippen LogP contribution in [0, 0.1) is 0 Å².